The lowest BCUT2D eigenvalue weighted by molar-refractivity contribution is -0.124. The predicted octanol–water partition coefficient (Wildman–Crippen LogP) is 2.96. The van der Waals surface area contributed by atoms with Crippen LogP contribution in [0.5, 0.6) is 0 Å². The van der Waals surface area contributed by atoms with Crippen molar-refractivity contribution in [2.75, 3.05) is 0 Å². The van der Waals surface area contributed by atoms with Crippen molar-refractivity contribution in [1.82, 2.24) is 10.6 Å². The Morgan fingerprint density at radius 3 is 1.89 bits per heavy atom. The molecule has 152 valence electrons. The van der Waals surface area contributed by atoms with Crippen molar-refractivity contribution in [2.24, 2.45) is 5.92 Å². The summed E-state index contributed by atoms with van der Waals surface area (Å²) in [7, 11) is -2.87. The molecule has 1 unspecified atom stereocenters. The summed E-state index contributed by atoms with van der Waals surface area (Å²) in [5.41, 5.74) is 2.20. The number of rotatable bonds is 6. The van der Waals surface area contributed by atoms with Gasteiger partial charge in [0.05, 0.1) is 12.1 Å². The zero-order chi connectivity index (χ0) is 21.1. The fourth-order valence-electron chi connectivity index (χ4n) is 2.15. The number of hydrogen-bond donors (Lipinski definition) is 4. The molecular weight excluding hydrogens is 371 g/mol. The van der Waals surface area contributed by atoms with E-state index in [1.165, 1.54) is 5.56 Å². The van der Waals surface area contributed by atoms with E-state index >= 15 is 0 Å². The quantitative estimate of drug-likeness (QED) is 0.543. The van der Waals surface area contributed by atoms with Gasteiger partial charge in [-0.15, -0.1) is 9.79 Å². The molecule has 1 rings (SSSR count). The molecular formula is C18H30N2O6P+. The molecule has 27 heavy (non-hydrogen) atoms. The number of carbonyl (C=O) groups is 2. The Morgan fingerprint density at radius 1 is 1.00 bits per heavy atom. The van der Waals surface area contributed by atoms with E-state index in [1.807, 2.05) is 52.0 Å². The number of ether oxygens (including phenoxy) is 1. The van der Waals surface area contributed by atoms with E-state index in [0.717, 1.165) is 5.56 Å². The standard InChI is InChI=1S/C18H28N2O3.HO3P/c1-11(2)16(20-18(22)23-12(3)4)17(21)19-14(6)15-9-7-13(5)8-10-15;1-4(2)3/h7-12,14,16H,1-6H3,(H,19,21)(H,20,22);(H-,1,2,3)/p+1/t14-,16?;/m0./s1. The van der Waals surface area contributed by atoms with Crippen molar-refractivity contribution in [3.63, 3.8) is 0 Å². The largest absolute Gasteiger partial charge is 0.692 e. The van der Waals surface area contributed by atoms with Crippen LogP contribution in [0.1, 0.15) is 51.8 Å². The summed E-state index contributed by atoms with van der Waals surface area (Å²) >= 11 is 0. The van der Waals surface area contributed by atoms with Gasteiger partial charge in [-0.3, -0.25) is 4.79 Å². The van der Waals surface area contributed by atoms with Gasteiger partial charge in [0.2, 0.25) is 5.91 Å². The molecule has 9 heteroatoms. The van der Waals surface area contributed by atoms with Crippen LogP contribution in [0.4, 0.5) is 4.79 Å². The number of amides is 2. The van der Waals surface area contributed by atoms with Gasteiger partial charge in [-0.2, -0.15) is 0 Å². The van der Waals surface area contributed by atoms with Crippen LogP contribution >= 0.6 is 8.25 Å². The lowest BCUT2D eigenvalue weighted by atomic mass is 10.0. The van der Waals surface area contributed by atoms with E-state index in [4.69, 9.17) is 19.1 Å². The van der Waals surface area contributed by atoms with Crippen molar-refractivity contribution in [3.8, 4) is 0 Å². The molecule has 0 aliphatic rings. The van der Waals surface area contributed by atoms with Crippen molar-refractivity contribution >= 4 is 20.3 Å². The van der Waals surface area contributed by atoms with E-state index in [-0.39, 0.29) is 24.0 Å². The van der Waals surface area contributed by atoms with Gasteiger partial charge in [0.25, 0.3) is 0 Å². The predicted molar refractivity (Wildman–Crippen MR) is 103 cm³/mol. The lowest BCUT2D eigenvalue weighted by Crippen LogP contribution is -2.50. The highest BCUT2D eigenvalue weighted by molar-refractivity contribution is 7.30. The average molecular weight is 401 g/mol. The molecule has 0 saturated carbocycles. The molecule has 1 aromatic carbocycles. The highest BCUT2D eigenvalue weighted by Crippen LogP contribution is 2.14. The van der Waals surface area contributed by atoms with Gasteiger partial charge >= 0.3 is 14.3 Å². The molecule has 0 heterocycles. The Morgan fingerprint density at radius 2 is 1.48 bits per heavy atom. The van der Waals surface area contributed by atoms with Gasteiger partial charge in [0.1, 0.15) is 6.04 Å². The summed E-state index contributed by atoms with van der Waals surface area (Å²) in [4.78, 5) is 38.5. The maximum atomic E-state index is 12.5. The fourth-order valence-corrected chi connectivity index (χ4v) is 2.15. The third-order valence-corrected chi connectivity index (χ3v) is 3.50. The minimum Gasteiger partial charge on any atom is -0.447 e. The second-order valence-electron chi connectivity index (χ2n) is 6.71. The molecule has 0 aliphatic heterocycles. The lowest BCUT2D eigenvalue weighted by Gasteiger charge is -2.24. The summed E-state index contributed by atoms with van der Waals surface area (Å²) in [5, 5.41) is 5.59. The van der Waals surface area contributed by atoms with E-state index < -0.39 is 20.4 Å². The first-order valence-corrected chi connectivity index (χ1v) is 9.79. The molecule has 1 aromatic rings. The van der Waals surface area contributed by atoms with Crippen molar-refractivity contribution in [1.29, 1.82) is 0 Å². The number of aryl methyl sites for hydroxylation is 1. The molecule has 0 spiro atoms. The van der Waals surface area contributed by atoms with E-state index in [2.05, 4.69) is 10.6 Å². The summed E-state index contributed by atoms with van der Waals surface area (Å²) in [6.45, 7) is 11.2. The van der Waals surface area contributed by atoms with Crippen molar-refractivity contribution in [3.05, 3.63) is 35.4 Å². The van der Waals surface area contributed by atoms with Gasteiger partial charge in [-0.1, -0.05) is 43.7 Å². The Bertz CT molecular complexity index is 615. The number of alkyl carbamates (subject to hydrolysis) is 1. The second kappa shape index (κ2) is 12.4. The van der Waals surface area contributed by atoms with E-state index in [0.29, 0.717) is 0 Å². The van der Waals surface area contributed by atoms with Crippen LogP contribution in [0, 0.1) is 12.8 Å². The highest BCUT2D eigenvalue weighted by Gasteiger charge is 2.26. The molecule has 2 amide bonds. The third kappa shape index (κ3) is 11.3. The van der Waals surface area contributed by atoms with Crippen molar-refractivity contribution in [2.45, 2.75) is 59.7 Å². The fraction of sp³-hybridized carbons (Fsp3) is 0.556. The van der Waals surface area contributed by atoms with Gasteiger partial charge < -0.3 is 15.4 Å². The monoisotopic (exact) mass is 401 g/mol. The third-order valence-electron chi connectivity index (χ3n) is 3.50. The van der Waals surface area contributed by atoms with E-state index in [9.17, 15) is 9.59 Å². The minimum absolute atomic E-state index is 0.0417. The van der Waals surface area contributed by atoms with E-state index in [1.54, 1.807) is 13.8 Å². The molecule has 0 radical (unpaired) electrons. The topological polar surface area (TPSA) is 125 Å². The molecule has 0 fully saturated rings. The summed E-state index contributed by atoms with van der Waals surface area (Å²) in [6, 6.07) is 7.24. The van der Waals surface area contributed by atoms with Crippen LogP contribution in [-0.2, 0) is 14.1 Å². The van der Waals surface area contributed by atoms with Crippen LogP contribution in [0.3, 0.4) is 0 Å². The Balaban J connectivity index is 0.00000153. The van der Waals surface area contributed by atoms with Crippen LogP contribution in [0.2, 0.25) is 0 Å². The maximum Gasteiger partial charge on any atom is 0.692 e. The Hall–Kier alpha value is -2.02. The highest BCUT2D eigenvalue weighted by atomic mass is 31.1. The molecule has 4 N–H and O–H groups in total. The molecule has 0 aliphatic carbocycles. The molecule has 0 aromatic heterocycles. The molecule has 8 nitrogen and oxygen atoms in total. The first kappa shape index (κ1) is 25.0. The molecule has 0 saturated heterocycles. The van der Waals surface area contributed by atoms with Crippen molar-refractivity contribution < 1.29 is 28.7 Å². The Labute approximate surface area is 161 Å². The molecule has 2 atom stereocenters. The number of nitrogens with one attached hydrogen (secondary N) is 2. The van der Waals surface area contributed by atoms with Crippen LogP contribution in [-0.4, -0.2) is 33.9 Å². The first-order valence-electron chi connectivity index (χ1n) is 8.63. The summed E-state index contributed by atoms with van der Waals surface area (Å²) in [6.07, 6.45) is -0.797. The van der Waals surface area contributed by atoms with Crippen LogP contribution < -0.4 is 10.6 Å². The number of carbonyl (C=O) groups excluding carboxylic acids is 2. The maximum absolute atomic E-state index is 12.5. The number of hydrogen-bond acceptors (Lipinski definition) is 4. The van der Waals surface area contributed by atoms with Gasteiger partial charge in [-0.25, -0.2) is 4.79 Å². The first-order chi connectivity index (χ1) is 12.4. The number of benzene rings is 1. The normalized spacial score (nSPS) is 12.5. The second-order valence-corrected chi connectivity index (χ2v) is 7.22. The van der Waals surface area contributed by atoms with Crippen LogP contribution in [0.25, 0.3) is 0 Å². The van der Waals surface area contributed by atoms with Gasteiger partial charge in [0.15, 0.2) is 0 Å². The van der Waals surface area contributed by atoms with Gasteiger partial charge in [0, 0.05) is 4.57 Å². The zero-order valence-corrected chi connectivity index (χ0v) is 17.5. The molecule has 0 bridgehead atoms. The SMILES string of the molecule is Cc1ccc([C@H](C)NC(=O)C(NC(=O)OC(C)C)C(C)C)cc1.O=[P+](O)O. The summed E-state index contributed by atoms with van der Waals surface area (Å²) < 4.78 is 13.8. The minimum atomic E-state index is -2.87. The average Bonchev–Trinajstić information content (AvgIpc) is 2.51. The van der Waals surface area contributed by atoms with Crippen LogP contribution in [0.15, 0.2) is 24.3 Å². The Kier molecular flexibility index (Phi) is 11.5. The van der Waals surface area contributed by atoms with Gasteiger partial charge in [-0.05, 0) is 39.2 Å². The zero-order valence-electron chi connectivity index (χ0n) is 16.6. The smallest absolute Gasteiger partial charge is 0.447 e. The summed E-state index contributed by atoms with van der Waals surface area (Å²) in [5.74, 6) is -0.256.